The summed E-state index contributed by atoms with van der Waals surface area (Å²) in [7, 11) is 0. The zero-order valence-electron chi connectivity index (χ0n) is 11.8. The maximum Gasteiger partial charge on any atom is 0.208 e. The van der Waals surface area contributed by atoms with Gasteiger partial charge in [-0.05, 0) is 12.1 Å². The van der Waals surface area contributed by atoms with Crippen molar-refractivity contribution < 1.29 is 4.42 Å². The van der Waals surface area contributed by atoms with Crippen molar-refractivity contribution in [2.75, 3.05) is 17.2 Å². The number of nitrogens with two attached hydrogens (primary N) is 1. The molecule has 0 saturated heterocycles. The molecule has 22 heavy (non-hydrogen) atoms. The summed E-state index contributed by atoms with van der Waals surface area (Å²) in [6.07, 6.45) is 7.58. The number of nitrogens with one attached hydrogen (secondary N) is 1. The number of thioether (sulfide) groups is 1. The maximum atomic E-state index is 5.66. The number of aromatic amines is 1. The average molecular weight is 313 g/mol. The van der Waals surface area contributed by atoms with Gasteiger partial charge in [0.25, 0.3) is 0 Å². The molecule has 0 saturated carbocycles. The van der Waals surface area contributed by atoms with Crippen LogP contribution in [0, 0.1) is 0 Å². The van der Waals surface area contributed by atoms with Gasteiger partial charge < -0.3 is 20.0 Å². The van der Waals surface area contributed by atoms with E-state index in [1.165, 1.54) is 0 Å². The number of oxazole rings is 1. The van der Waals surface area contributed by atoms with E-state index in [2.05, 4.69) is 26.1 Å². The van der Waals surface area contributed by atoms with Crippen LogP contribution in [0.2, 0.25) is 0 Å². The highest BCUT2D eigenvalue weighted by atomic mass is 32.2. The van der Waals surface area contributed by atoms with Crippen LogP contribution in [0.15, 0.2) is 41.3 Å². The lowest BCUT2D eigenvalue weighted by Crippen LogP contribution is -2.23. The first-order valence-electron chi connectivity index (χ1n) is 7.03. The summed E-state index contributed by atoms with van der Waals surface area (Å²) in [4.78, 5) is 15.0. The van der Waals surface area contributed by atoms with Gasteiger partial charge in [-0.15, -0.1) is 11.8 Å². The van der Waals surface area contributed by atoms with Crippen LogP contribution in [-0.4, -0.2) is 27.2 Å². The fourth-order valence-corrected chi connectivity index (χ4v) is 3.48. The molecule has 0 bridgehead atoms. The monoisotopic (exact) mass is 313 g/mol. The molecule has 0 radical (unpaired) electrons. The van der Waals surface area contributed by atoms with Crippen LogP contribution in [0.5, 0.6) is 0 Å². The number of pyridine rings is 1. The van der Waals surface area contributed by atoms with Crippen LogP contribution in [-0.2, 0) is 6.54 Å². The number of hydrogen-bond acceptors (Lipinski definition) is 6. The van der Waals surface area contributed by atoms with E-state index in [1.54, 1.807) is 18.0 Å². The molecule has 1 aliphatic rings. The SMILES string of the molecule is NCc1ncc(C2=CN(c3ccnc4[nH]ccc34)CCS2)o1. The molecule has 0 aromatic carbocycles. The van der Waals surface area contributed by atoms with Gasteiger partial charge in [-0.25, -0.2) is 9.97 Å². The van der Waals surface area contributed by atoms with E-state index in [4.69, 9.17) is 10.2 Å². The Morgan fingerprint density at radius 2 is 2.32 bits per heavy atom. The molecule has 6 nitrogen and oxygen atoms in total. The van der Waals surface area contributed by atoms with Gasteiger partial charge in [-0.2, -0.15) is 0 Å². The summed E-state index contributed by atoms with van der Waals surface area (Å²) >= 11 is 1.77. The largest absolute Gasteiger partial charge is 0.439 e. The van der Waals surface area contributed by atoms with Gasteiger partial charge in [-0.3, -0.25) is 0 Å². The van der Waals surface area contributed by atoms with E-state index in [-0.39, 0.29) is 0 Å². The first kappa shape index (κ1) is 13.4. The van der Waals surface area contributed by atoms with Crippen LogP contribution in [0.4, 0.5) is 5.69 Å². The molecule has 4 rings (SSSR count). The maximum absolute atomic E-state index is 5.66. The lowest BCUT2D eigenvalue weighted by Gasteiger charge is -2.26. The van der Waals surface area contributed by atoms with Crippen molar-refractivity contribution in [2.24, 2.45) is 5.73 Å². The van der Waals surface area contributed by atoms with E-state index >= 15 is 0 Å². The lowest BCUT2D eigenvalue weighted by molar-refractivity contribution is 0.489. The zero-order chi connectivity index (χ0) is 14.9. The van der Waals surface area contributed by atoms with Crippen LogP contribution >= 0.6 is 11.8 Å². The summed E-state index contributed by atoms with van der Waals surface area (Å²) < 4.78 is 5.66. The molecular formula is C15H15N5OS. The minimum absolute atomic E-state index is 0.315. The van der Waals surface area contributed by atoms with Crippen LogP contribution in [0.1, 0.15) is 11.7 Å². The second kappa shape index (κ2) is 5.51. The van der Waals surface area contributed by atoms with Crippen LogP contribution < -0.4 is 10.6 Å². The Labute approximate surface area is 131 Å². The average Bonchev–Trinajstić information content (AvgIpc) is 3.23. The standard InChI is InChI=1S/C15H15N5OS/c16-7-14-19-8-12(21-14)13-9-20(5-6-22-13)11-2-4-18-15-10(11)1-3-17-15/h1-4,8-9H,5-7,16H2,(H,17,18). The molecule has 0 amide bonds. The van der Waals surface area contributed by atoms with Crippen molar-refractivity contribution >= 4 is 33.4 Å². The molecule has 1 aliphatic heterocycles. The Kier molecular flexibility index (Phi) is 3.36. The van der Waals surface area contributed by atoms with Gasteiger partial charge in [0.1, 0.15) is 5.65 Å². The van der Waals surface area contributed by atoms with Crippen molar-refractivity contribution in [3.63, 3.8) is 0 Å². The van der Waals surface area contributed by atoms with Gasteiger partial charge in [0.05, 0.1) is 23.3 Å². The number of anilines is 1. The first-order chi connectivity index (χ1) is 10.8. The molecule has 0 aliphatic carbocycles. The molecule has 0 atom stereocenters. The molecule has 3 aromatic heterocycles. The minimum Gasteiger partial charge on any atom is -0.439 e. The summed E-state index contributed by atoms with van der Waals surface area (Å²) in [5, 5.41) is 1.12. The predicted molar refractivity (Wildman–Crippen MR) is 88.3 cm³/mol. The Hall–Kier alpha value is -2.25. The first-order valence-corrected chi connectivity index (χ1v) is 8.02. The summed E-state index contributed by atoms with van der Waals surface area (Å²) in [6.45, 7) is 1.26. The third-order valence-electron chi connectivity index (χ3n) is 3.58. The van der Waals surface area contributed by atoms with Gasteiger partial charge in [0.2, 0.25) is 5.89 Å². The highest BCUT2D eigenvalue weighted by Gasteiger charge is 2.18. The smallest absolute Gasteiger partial charge is 0.208 e. The van der Waals surface area contributed by atoms with Crippen LogP contribution in [0.3, 0.4) is 0 Å². The third kappa shape index (κ3) is 2.28. The summed E-state index contributed by atoms with van der Waals surface area (Å²) in [6, 6.07) is 4.08. The van der Waals surface area contributed by atoms with E-state index in [0.29, 0.717) is 12.4 Å². The van der Waals surface area contributed by atoms with Crippen LogP contribution in [0.25, 0.3) is 15.9 Å². The highest BCUT2D eigenvalue weighted by Crippen LogP contribution is 2.35. The van der Waals surface area contributed by atoms with E-state index in [1.807, 2.05) is 24.5 Å². The molecular weight excluding hydrogens is 298 g/mol. The minimum atomic E-state index is 0.315. The highest BCUT2D eigenvalue weighted by molar-refractivity contribution is 8.08. The van der Waals surface area contributed by atoms with Crippen molar-refractivity contribution in [3.05, 3.63) is 48.6 Å². The molecule has 0 fully saturated rings. The van der Waals surface area contributed by atoms with E-state index in [0.717, 1.165) is 39.7 Å². The molecule has 3 N–H and O–H groups in total. The fourth-order valence-electron chi connectivity index (χ4n) is 2.54. The number of H-pyrrole nitrogens is 1. The van der Waals surface area contributed by atoms with Crippen molar-refractivity contribution in [2.45, 2.75) is 6.54 Å². The number of nitrogens with zero attached hydrogens (tertiary/aromatic N) is 3. The summed E-state index contributed by atoms with van der Waals surface area (Å²) in [5.41, 5.74) is 7.60. The Morgan fingerprint density at radius 1 is 1.36 bits per heavy atom. The van der Waals surface area contributed by atoms with Gasteiger partial charge >= 0.3 is 0 Å². The van der Waals surface area contributed by atoms with E-state index in [9.17, 15) is 0 Å². The topological polar surface area (TPSA) is 84.0 Å². The molecule has 7 heteroatoms. The molecule has 3 aromatic rings. The second-order valence-corrected chi connectivity index (χ2v) is 6.06. The second-order valence-electron chi connectivity index (χ2n) is 4.93. The Morgan fingerprint density at radius 3 is 3.18 bits per heavy atom. The van der Waals surface area contributed by atoms with E-state index < -0.39 is 0 Å². The Balaban J connectivity index is 1.73. The Bertz CT molecular complexity index is 837. The number of aromatic nitrogens is 3. The zero-order valence-corrected chi connectivity index (χ0v) is 12.6. The van der Waals surface area contributed by atoms with Gasteiger partial charge in [0.15, 0.2) is 5.76 Å². The lowest BCUT2D eigenvalue weighted by atomic mass is 10.2. The molecule has 0 unspecified atom stereocenters. The molecule has 4 heterocycles. The third-order valence-corrected chi connectivity index (χ3v) is 4.58. The summed E-state index contributed by atoms with van der Waals surface area (Å²) in [5.74, 6) is 2.32. The van der Waals surface area contributed by atoms with Gasteiger partial charge in [-0.1, -0.05) is 0 Å². The normalized spacial score (nSPS) is 15.3. The van der Waals surface area contributed by atoms with Crippen molar-refractivity contribution in [3.8, 4) is 0 Å². The van der Waals surface area contributed by atoms with Crippen molar-refractivity contribution in [1.29, 1.82) is 0 Å². The number of rotatable bonds is 3. The van der Waals surface area contributed by atoms with Gasteiger partial charge in [0, 0.05) is 36.3 Å². The molecule has 112 valence electrons. The molecule has 0 spiro atoms. The number of hydrogen-bond donors (Lipinski definition) is 2. The number of fused-ring (bicyclic) bond motifs is 1. The quantitative estimate of drug-likeness (QED) is 0.773. The van der Waals surface area contributed by atoms with Crippen molar-refractivity contribution in [1.82, 2.24) is 15.0 Å². The fraction of sp³-hybridized carbons (Fsp3) is 0.200. The predicted octanol–water partition coefficient (Wildman–Crippen LogP) is 2.56.